The maximum Gasteiger partial charge on any atom is 0.342 e. The number of hydrogen-bond acceptors (Lipinski definition) is 13. The quantitative estimate of drug-likeness (QED) is 0.227. The molecule has 6 heterocycles. The van der Waals surface area contributed by atoms with Gasteiger partial charge in [-0.25, -0.2) is 4.79 Å². The predicted octanol–water partition coefficient (Wildman–Crippen LogP) is 4.53. The Labute approximate surface area is 320 Å². The minimum Gasteiger partial charge on any atom is -0.481 e. The second-order valence-corrected chi connectivity index (χ2v) is 17.7. The highest BCUT2D eigenvalue weighted by atomic mass is 17.2. The summed E-state index contributed by atoms with van der Waals surface area (Å²) in [4.78, 5) is 30.4. The van der Waals surface area contributed by atoms with E-state index in [1.54, 1.807) is 6.92 Å². The minimum absolute atomic E-state index is 0.153. The van der Waals surface area contributed by atoms with Gasteiger partial charge in [-0.15, -0.1) is 0 Å². The third-order valence-electron chi connectivity index (χ3n) is 13.8. The van der Waals surface area contributed by atoms with Crippen LogP contribution in [0.3, 0.4) is 0 Å². The van der Waals surface area contributed by atoms with E-state index in [1.165, 1.54) is 7.11 Å². The van der Waals surface area contributed by atoms with Crippen molar-refractivity contribution in [3.63, 3.8) is 0 Å². The summed E-state index contributed by atoms with van der Waals surface area (Å²) >= 11 is 0. The van der Waals surface area contributed by atoms with Gasteiger partial charge in [-0.3, -0.25) is 9.68 Å². The molecule has 14 nitrogen and oxygen atoms in total. The van der Waals surface area contributed by atoms with Gasteiger partial charge in [0, 0.05) is 37.7 Å². The predicted molar refractivity (Wildman–Crippen MR) is 194 cm³/mol. The second kappa shape index (κ2) is 17.2. The molecule has 0 bridgehead atoms. The molecule has 6 aliphatic rings. The Morgan fingerprint density at radius 2 is 1.76 bits per heavy atom. The van der Waals surface area contributed by atoms with Crippen molar-refractivity contribution in [2.75, 3.05) is 20.3 Å². The summed E-state index contributed by atoms with van der Waals surface area (Å²) in [6.45, 7) is 16.1. The van der Waals surface area contributed by atoms with E-state index in [9.17, 15) is 30.0 Å². The number of aliphatic hydroxyl groups is 3. The second-order valence-electron chi connectivity index (χ2n) is 17.7. The summed E-state index contributed by atoms with van der Waals surface area (Å²) in [5.74, 6) is -4.78. The number of carbonyl (C=O) groups is 2. The van der Waals surface area contributed by atoms with Crippen molar-refractivity contribution in [2.24, 2.45) is 35.5 Å². The van der Waals surface area contributed by atoms with Crippen LogP contribution in [-0.2, 0) is 47.8 Å². The van der Waals surface area contributed by atoms with Crippen LogP contribution in [0.4, 0.5) is 0 Å². The average Bonchev–Trinajstić information content (AvgIpc) is 3.85. The van der Waals surface area contributed by atoms with E-state index in [4.69, 9.17) is 28.4 Å². The molecule has 0 radical (unpaired) electrons. The van der Waals surface area contributed by atoms with Crippen molar-refractivity contribution in [1.82, 2.24) is 0 Å². The topological polar surface area (TPSA) is 189 Å². The molecule has 0 aliphatic carbocycles. The average molecular weight is 773 g/mol. The fourth-order valence-electron chi connectivity index (χ4n) is 10.3. The van der Waals surface area contributed by atoms with Gasteiger partial charge in [-0.1, -0.05) is 41.5 Å². The molecule has 1 spiro atoms. The number of hydrogen-bond donors (Lipinski definition) is 4. The van der Waals surface area contributed by atoms with Crippen molar-refractivity contribution in [3.05, 3.63) is 0 Å². The molecule has 6 rings (SSSR count). The Hall–Kier alpha value is -1.46. The first-order valence-corrected chi connectivity index (χ1v) is 20.3. The van der Waals surface area contributed by atoms with Gasteiger partial charge in [0.1, 0.15) is 0 Å². The Balaban J connectivity index is 0.000000719. The Kier molecular flexibility index (Phi) is 13.9. The fourth-order valence-corrected chi connectivity index (χ4v) is 10.3. The minimum atomic E-state index is -1.56. The molecule has 0 aromatic heterocycles. The van der Waals surface area contributed by atoms with Crippen LogP contribution in [0.25, 0.3) is 0 Å². The van der Waals surface area contributed by atoms with Crippen molar-refractivity contribution < 1.29 is 68.2 Å². The summed E-state index contributed by atoms with van der Waals surface area (Å²) in [6, 6.07) is 0. The summed E-state index contributed by atoms with van der Waals surface area (Å²) in [5.41, 5.74) is -1.15. The first-order valence-electron chi connectivity index (χ1n) is 20.3. The number of aliphatic carboxylic acids is 1. The zero-order valence-corrected chi connectivity index (χ0v) is 33.9. The van der Waals surface area contributed by atoms with Gasteiger partial charge in [0.15, 0.2) is 11.6 Å². The first kappa shape index (κ1) is 43.7. The fraction of sp³-hybridized carbons (Fsp3) is 0.950. The highest BCUT2D eigenvalue weighted by molar-refractivity contribution is 5.70. The maximum atomic E-state index is 11.8. The molecule has 54 heavy (non-hydrogen) atoms. The SMILES string of the molecule is CC[C@@]1([C@@H]2O[C@@H]([C@H]3O[C@@](O)(CO)[C@H](C)C[C@@H]3C)C[C@@H]2C)CC[C@H]([C@]2(C)CC[C@]3(C[C@H](O)[C@@H](C)[C@@H]([C@@H](C)[C@@H](OC)[C@H](C)C(=O)O)O3)O2)O1.O=C1CCCOO1. The van der Waals surface area contributed by atoms with Crippen molar-refractivity contribution >= 4 is 11.9 Å². The van der Waals surface area contributed by atoms with E-state index < -0.39 is 59.6 Å². The molecule has 6 fully saturated rings. The smallest absolute Gasteiger partial charge is 0.342 e. The molecule has 0 amide bonds. The number of carboxylic acid groups (broad SMARTS) is 1. The standard InChI is InChI=1S/C36H62O11.C4H6O3/c1-10-34(31-20(3)16-26(43-31)28-19(2)15-21(4)36(41,18-37)46-28)12-11-27(44-34)33(8)13-14-35(47-33)17-25(38)22(5)30(45-35)23(6)29(42-9)24(7)32(39)40;5-4-2-1-3-6-7-4/h19-31,37-38,41H,10-18H2,1-9H3,(H,39,40);1-3H2/t19-,20-,21+,22+,23-,24-,25-,26+,27+,28-,29+,30-,31+,33-,34-,35+,36-;/m0./s1. The van der Waals surface area contributed by atoms with Crippen LogP contribution in [0.2, 0.25) is 0 Å². The Morgan fingerprint density at radius 1 is 1.04 bits per heavy atom. The molecular formula is C40H68O14. The lowest BCUT2D eigenvalue weighted by molar-refractivity contribution is -0.336. The third-order valence-corrected chi connectivity index (χ3v) is 13.8. The molecule has 17 atom stereocenters. The maximum absolute atomic E-state index is 11.8. The first-order chi connectivity index (χ1) is 25.4. The van der Waals surface area contributed by atoms with Gasteiger partial charge < -0.3 is 48.8 Å². The summed E-state index contributed by atoms with van der Waals surface area (Å²) < 4.78 is 39.4. The molecule has 14 heteroatoms. The molecule has 6 aliphatic heterocycles. The molecule has 0 aromatic rings. The number of carboxylic acids is 1. The van der Waals surface area contributed by atoms with Gasteiger partial charge >= 0.3 is 11.9 Å². The Morgan fingerprint density at radius 3 is 2.33 bits per heavy atom. The lowest BCUT2D eigenvalue weighted by atomic mass is 9.78. The molecule has 4 N–H and O–H groups in total. The summed E-state index contributed by atoms with van der Waals surface area (Å²) in [6.07, 6.45) is 4.28. The van der Waals surface area contributed by atoms with E-state index in [-0.39, 0.29) is 60.0 Å². The number of rotatable bonds is 10. The molecular weight excluding hydrogens is 704 g/mol. The van der Waals surface area contributed by atoms with Crippen molar-refractivity contribution in [2.45, 2.75) is 185 Å². The van der Waals surface area contributed by atoms with Crippen LogP contribution >= 0.6 is 0 Å². The third kappa shape index (κ3) is 8.68. The number of ether oxygens (including phenoxy) is 6. The zero-order valence-electron chi connectivity index (χ0n) is 33.9. The summed E-state index contributed by atoms with van der Waals surface area (Å²) in [7, 11) is 1.52. The molecule has 6 saturated heterocycles. The Bertz CT molecular complexity index is 1280. The van der Waals surface area contributed by atoms with E-state index in [0.29, 0.717) is 32.3 Å². The highest BCUT2D eigenvalue weighted by Gasteiger charge is 2.62. The largest absolute Gasteiger partial charge is 0.481 e. The van der Waals surface area contributed by atoms with Crippen LogP contribution in [0, 0.1) is 35.5 Å². The van der Waals surface area contributed by atoms with Crippen molar-refractivity contribution in [3.8, 4) is 0 Å². The highest BCUT2D eigenvalue weighted by Crippen LogP contribution is 2.55. The van der Waals surface area contributed by atoms with Gasteiger partial charge in [-0.2, -0.15) is 4.89 Å². The zero-order chi connectivity index (χ0) is 39.8. The van der Waals surface area contributed by atoms with E-state index >= 15 is 0 Å². The normalized spacial score (nSPS) is 47.1. The van der Waals surface area contributed by atoms with E-state index in [1.807, 2.05) is 20.8 Å². The van der Waals surface area contributed by atoms with Crippen LogP contribution < -0.4 is 0 Å². The molecule has 0 aromatic carbocycles. The van der Waals surface area contributed by atoms with E-state index in [2.05, 4.69) is 37.5 Å². The number of aliphatic hydroxyl groups excluding tert-OH is 2. The van der Waals surface area contributed by atoms with Crippen LogP contribution in [-0.4, -0.2) is 118 Å². The summed E-state index contributed by atoms with van der Waals surface area (Å²) in [5, 5.41) is 41.8. The molecule has 312 valence electrons. The lowest BCUT2D eigenvalue weighted by Crippen LogP contribution is -2.57. The number of carbonyl (C=O) groups excluding carboxylic acids is 1. The molecule has 0 unspecified atom stereocenters. The monoisotopic (exact) mass is 772 g/mol. The van der Waals surface area contributed by atoms with Gasteiger partial charge in [0.2, 0.25) is 0 Å². The van der Waals surface area contributed by atoms with Gasteiger partial charge in [0.25, 0.3) is 0 Å². The van der Waals surface area contributed by atoms with Gasteiger partial charge in [0.05, 0.1) is 79.5 Å². The van der Waals surface area contributed by atoms with E-state index in [0.717, 1.165) is 38.5 Å². The molecule has 0 saturated carbocycles. The van der Waals surface area contributed by atoms with Crippen LogP contribution in [0.15, 0.2) is 0 Å². The number of methoxy groups -OCH3 is 1. The van der Waals surface area contributed by atoms with Crippen LogP contribution in [0.5, 0.6) is 0 Å². The van der Waals surface area contributed by atoms with Gasteiger partial charge in [-0.05, 0) is 70.6 Å². The van der Waals surface area contributed by atoms with Crippen LogP contribution in [0.1, 0.15) is 120 Å². The van der Waals surface area contributed by atoms with Crippen molar-refractivity contribution in [1.29, 1.82) is 0 Å². The lowest BCUT2D eigenvalue weighted by Gasteiger charge is -2.49.